The molecule has 0 aliphatic carbocycles. The van der Waals surface area contributed by atoms with Crippen molar-refractivity contribution in [2.75, 3.05) is 19.8 Å². The number of carbonyl (C=O) groups excluding carboxylic acids is 1. The first-order valence-electron chi connectivity index (χ1n) is 9.17. The quantitative estimate of drug-likeness (QED) is 0.523. The molecule has 1 amide bonds. The lowest BCUT2D eigenvalue weighted by Gasteiger charge is -2.32. The Labute approximate surface area is 165 Å². The summed E-state index contributed by atoms with van der Waals surface area (Å²) in [5.41, 5.74) is 2.49. The van der Waals surface area contributed by atoms with Crippen LogP contribution in [0.5, 0.6) is 0 Å². The van der Waals surface area contributed by atoms with Crippen molar-refractivity contribution in [3.63, 3.8) is 0 Å². The summed E-state index contributed by atoms with van der Waals surface area (Å²) in [7, 11) is 1.88. The highest BCUT2D eigenvalue weighted by Crippen LogP contribution is 2.29. The third kappa shape index (κ3) is 2.94. The molecule has 4 aromatic rings. The van der Waals surface area contributed by atoms with Crippen LogP contribution in [0, 0.1) is 0 Å². The van der Waals surface area contributed by atoms with Gasteiger partial charge in [0, 0.05) is 42.3 Å². The van der Waals surface area contributed by atoms with Gasteiger partial charge in [-0.25, -0.2) is 9.97 Å². The minimum Gasteiger partial charge on any atom is -0.377 e. The Morgan fingerprint density at radius 1 is 1.29 bits per heavy atom. The first-order valence-corrected chi connectivity index (χ1v) is 9.99. The van der Waals surface area contributed by atoms with E-state index in [4.69, 9.17) is 9.72 Å². The molecule has 1 atom stereocenters. The average molecular weight is 393 g/mol. The summed E-state index contributed by atoms with van der Waals surface area (Å²) in [4.78, 5) is 25.6. The van der Waals surface area contributed by atoms with Gasteiger partial charge in [0.25, 0.3) is 5.91 Å². The zero-order chi connectivity index (χ0) is 19.3. The lowest BCUT2D eigenvalue weighted by atomic mass is 10.1. The summed E-state index contributed by atoms with van der Waals surface area (Å²) in [6, 6.07) is 8.05. The molecule has 28 heavy (non-hydrogen) atoms. The van der Waals surface area contributed by atoms with Gasteiger partial charge in [0.05, 0.1) is 29.8 Å². The van der Waals surface area contributed by atoms with Crippen molar-refractivity contribution in [2.45, 2.75) is 13.0 Å². The number of hydrogen-bond donors (Lipinski definition) is 0. The van der Waals surface area contributed by atoms with Crippen LogP contribution in [0.4, 0.5) is 0 Å². The van der Waals surface area contributed by atoms with E-state index >= 15 is 0 Å². The van der Waals surface area contributed by atoms with Gasteiger partial charge in [0.1, 0.15) is 4.83 Å². The Bertz CT molecular complexity index is 1200. The largest absolute Gasteiger partial charge is 0.377 e. The number of morpholine rings is 1. The molecule has 1 fully saturated rings. The number of rotatable bonds is 2. The second kappa shape index (κ2) is 6.65. The summed E-state index contributed by atoms with van der Waals surface area (Å²) < 4.78 is 7.19. The molecule has 7 nitrogen and oxygen atoms in total. The average Bonchev–Trinajstić information content (AvgIpc) is 3.28. The molecule has 1 aliphatic heterocycles. The summed E-state index contributed by atoms with van der Waals surface area (Å²) in [6.45, 7) is 3.82. The van der Waals surface area contributed by atoms with E-state index in [0.717, 1.165) is 32.5 Å². The van der Waals surface area contributed by atoms with Gasteiger partial charge in [-0.3, -0.25) is 9.48 Å². The first-order chi connectivity index (χ1) is 13.6. The molecule has 1 aliphatic rings. The van der Waals surface area contributed by atoms with Crippen LogP contribution in [0.15, 0.2) is 36.7 Å². The highest BCUT2D eigenvalue weighted by molar-refractivity contribution is 7.20. The van der Waals surface area contributed by atoms with Crippen molar-refractivity contribution in [3.8, 4) is 11.3 Å². The van der Waals surface area contributed by atoms with Gasteiger partial charge in [0.2, 0.25) is 0 Å². The number of pyridine rings is 2. The van der Waals surface area contributed by atoms with Crippen molar-refractivity contribution >= 4 is 38.5 Å². The van der Waals surface area contributed by atoms with Crippen LogP contribution in [0.3, 0.4) is 0 Å². The number of amides is 1. The van der Waals surface area contributed by atoms with E-state index in [1.54, 1.807) is 10.9 Å². The van der Waals surface area contributed by atoms with Gasteiger partial charge in [-0.05, 0) is 31.2 Å². The van der Waals surface area contributed by atoms with Crippen molar-refractivity contribution in [1.82, 2.24) is 24.6 Å². The van der Waals surface area contributed by atoms with Crippen LogP contribution < -0.4 is 0 Å². The zero-order valence-corrected chi connectivity index (χ0v) is 16.4. The summed E-state index contributed by atoms with van der Waals surface area (Å²) in [6.07, 6.45) is 3.73. The van der Waals surface area contributed by atoms with E-state index in [2.05, 4.69) is 10.1 Å². The van der Waals surface area contributed by atoms with Gasteiger partial charge in [0.15, 0.2) is 5.65 Å². The Morgan fingerprint density at radius 3 is 3.04 bits per heavy atom. The van der Waals surface area contributed by atoms with Gasteiger partial charge >= 0.3 is 0 Å². The van der Waals surface area contributed by atoms with E-state index in [9.17, 15) is 4.79 Å². The van der Waals surface area contributed by atoms with Crippen LogP contribution in [-0.4, -0.2) is 56.4 Å². The maximum absolute atomic E-state index is 12.9. The van der Waals surface area contributed by atoms with Gasteiger partial charge in [-0.2, -0.15) is 5.10 Å². The molecule has 0 bridgehead atoms. The molecule has 0 unspecified atom stereocenters. The fourth-order valence-electron chi connectivity index (χ4n) is 3.53. The molecule has 1 saturated heterocycles. The second-order valence-corrected chi connectivity index (χ2v) is 8.09. The molecule has 142 valence electrons. The van der Waals surface area contributed by atoms with E-state index in [1.165, 1.54) is 11.3 Å². The Hall–Kier alpha value is -2.84. The van der Waals surface area contributed by atoms with Crippen LogP contribution in [0.25, 0.3) is 32.5 Å². The van der Waals surface area contributed by atoms with E-state index in [0.29, 0.717) is 24.6 Å². The topological polar surface area (TPSA) is 73.1 Å². The predicted molar refractivity (Wildman–Crippen MR) is 108 cm³/mol. The number of thiophene rings is 1. The zero-order valence-electron chi connectivity index (χ0n) is 15.6. The highest BCUT2D eigenvalue weighted by atomic mass is 32.1. The summed E-state index contributed by atoms with van der Waals surface area (Å²) in [5, 5.41) is 6.26. The molecule has 8 heteroatoms. The lowest BCUT2D eigenvalue weighted by molar-refractivity contribution is 0.00387. The van der Waals surface area contributed by atoms with Gasteiger partial charge in [-0.15, -0.1) is 11.3 Å². The number of carbonyl (C=O) groups is 1. The molecular formula is C20H19N5O2S. The van der Waals surface area contributed by atoms with Crippen molar-refractivity contribution in [3.05, 3.63) is 41.5 Å². The Morgan fingerprint density at radius 2 is 2.18 bits per heavy atom. The number of fused-ring (bicyclic) bond motifs is 2. The fraction of sp³-hybridized carbons (Fsp3) is 0.300. The molecule has 5 heterocycles. The van der Waals surface area contributed by atoms with Crippen molar-refractivity contribution in [2.24, 2.45) is 7.05 Å². The van der Waals surface area contributed by atoms with Crippen molar-refractivity contribution < 1.29 is 9.53 Å². The Balaban J connectivity index is 1.49. The minimum absolute atomic E-state index is 0.0544. The number of nitrogens with zero attached hydrogens (tertiary/aromatic N) is 5. The van der Waals surface area contributed by atoms with Crippen LogP contribution >= 0.6 is 11.3 Å². The number of hydrogen-bond acceptors (Lipinski definition) is 6. The minimum atomic E-state index is 0.0544. The third-order valence-corrected chi connectivity index (χ3v) is 6.02. The highest BCUT2D eigenvalue weighted by Gasteiger charge is 2.26. The molecule has 0 spiro atoms. The first kappa shape index (κ1) is 17.3. The van der Waals surface area contributed by atoms with E-state index in [-0.39, 0.29) is 11.9 Å². The SMILES string of the molecule is C[C@@H]1COCCN1C(=O)c1cc2ccc(-c3cnc4nn(C)cc4c3)nc2s1. The predicted octanol–water partition coefficient (Wildman–Crippen LogP) is 3.11. The molecule has 4 aromatic heterocycles. The maximum Gasteiger partial charge on any atom is 0.264 e. The fourth-order valence-corrected chi connectivity index (χ4v) is 4.51. The van der Waals surface area contributed by atoms with E-state index < -0.39 is 0 Å². The lowest BCUT2D eigenvalue weighted by Crippen LogP contribution is -2.46. The third-order valence-electron chi connectivity index (χ3n) is 4.99. The molecule has 0 saturated carbocycles. The second-order valence-electron chi connectivity index (χ2n) is 7.06. The Kier molecular flexibility index (Phi) is 4.10. The van der Waals surface area contributed by atoms with Crippen LogP contribution in [0.1, 0.15) is 16.6 Å². The molecule has 0 N–H and O–H groups in total. The van der Waals surface area contributed by atoms with Gasteiger partial charge < -0.3 is 9.64 Å². The monoisotopic (exact) mass is 393 g/mol. The van der Waals surface area contributed by atoms with Crippen LogP contribution in [-0.2, 0) is 11.8 Å². The molecule has 0 aromatic carbocycles. The number of ether oxygens (including phenoxy) is 1. The van der Waals surface area contributed by atoms with Gasteiger partial charge in [-0.1, -0.05) is 0 Å². The maximum atomic E-state index is 12.9. The molecular weight excluding hydrogens is 374 g/mol. The van der Waals surface area contributed by atoms with Crippen molar-refractivity contribution in [1.29, 1.82) is 0 Å². The summed E-state index contributed by atoms with van der Waals surface area (Å²) >= 11 is 1.44. The molecule has 5 rings (SSSR count). The summed E-state index contributed by atoms with van der Waals surface area (Å²) in [5.74, 6) is 0.0544. The standard InChI is InChI=1S/C20H19N5O2S/c1-12-11-27-6-5-25(12)20(26)17-8-13-3-4-16(22-19(13)28-17)14-7-15-10-24(2)23-18(15)21-9-14/h3-4,7-10,12H,5-6,11H2,1-2H3/t12-/m1/s1. The number of aromatic nitrogens is 4. The van der Waals surface area contributed by atoms with Crippen LogP contribution in [0.2, 0.25) is 0 Å². The smallest absolute Gasteiger partial charge is 0.264 e. The number of aryl methyl sites for hydroxylation is 1. The van der Waals surface area contributed by atoms with E-state index in [1.807, 2.05) is 49.3 Å². The normalized spacial score (nSPS) is 17.5. The molecule has 0 radical (unpaired) electrons.